The largest absolute Gasteiger partial charge is 0.474 e. The van der Waals surface area contributed by atoms with Crippen molar-refractivity contribution in [3.63, 3.8) is 0 Å². The lowest BCUT2D eigenvalue weighted by atomic mass is 9.96. The molecular weight excluding hydrogens is 278 g/mol. The van der Waals surface area contributed by atoms with Gasteiger partial charge in [0.25, 0.3) is 0 Å². The van der Waals surface area contributed by atoms with Gasteiger partial charge in [0, 0.05) is 44.2 Å². The summed E-state index contributed by atoms with van der Waals surface area (Å²) in [6.45, 7) is 4.88. The molecule has 22 heavy (non-hydrogen) atoms. The molecule has 0 amide bonds. The molecule has 5 heteroatoms. The van der Waals surface area contributed by atoms with Gasteiger partial charge in [-0.3, -0.25) is 0 Å². The number of pyridine rings is 1. The average Bonchev–Trinajstić information content (AvgIpc) is 2.89. The first kappa shape index (κ1) is 15.3. The van der Waals surface area contributed by atoms with Crippen LogP contribution in [0.3, 0.4) is 0 Å². The van der Waals surface area contributed by atoms with Gasteiger partial charge in [0.15, 0.2) is 0 Å². The highest BCUT2D eigenvalue weighted by molar-refractivity contribution is 5.29. The standard InChI is InChI=1S/C17H25N3O2/c1-14-11-15(12-18-17(14)22-16-5-2-6-16)13-20-8-3-7-19(20)9-4-10-21/h3,7,11-12,16,21H,2,4-6,8-10,13H2,1H3. The van der Waals surface area contributed by atoms with Crippen molar-refractivity contribution in [3.8, 4) is 5.88 Å². The van der Waals surface area contributed by atoms with Crippen LogP contribution in [0, 0.1) is 6.92 Å². The summed E-state index contributed by atoms with van der Waals surface area (Å²) in [7, 11) is 0. The molecular formula is C17H25N3O2. The molecule has 5 nitrogen and oxygen atoms in total. The van der Waals surface area contributed by atoms with Crippen molar-refractivity contribution >= 4 is 0 Å². The number of aliphatic hydroxyl groups is 1. The topological polar surface area (TPSA) is 48.8 Å². The Morgan fingerprint density at radius 1 is 1.41 bits per heavy atom. The molecule has 1 aliphatic carbocycles. The van der Waals surface area contributed by atoms with E-state index in [1.807, 2.05) is 6.20 Å². The van der Waals surface area contributed by atoms with Gasteiger partial charge < -0.3 is 14.9 Å². The minimum Gasteiger partial charge on any atom is -0.474 e. The summed E-state index contributed by atoms with van der Waals surface area (Å²) >= 11 is 0. The lowest BCUT2D eigenvalue weighted by Gasteiger charge is -2.29. The summed E-state index contributed by atoms with van der Waals surface area (Å²) in [5, 5.41) is 13.4. The number of nitrogens with zero attached hydrogens (tertiary/aromatic N) is 3. The van der Waals surface area contributed by atoms with Crippen LogP contribution in [0.1, 0.15) is 36.8 Å². The van der Waals surface area contributed by atoms with Crippen LogP contribution in [0.15, 0.2) is 24.5 Å². The van der Waals surface area contributed by atoms with Crippen LogP contribution in [0.25, 0.3) is 0 Å². The molecule has 2 heterocycles. The number of hydrogen-bond donors (Lipinski definition) is 1. The number of rotatable bonds is 7. The van der Waals surface area contributed by atoms with Gasteiger partial charge in [-0.2, -0.15) is 0 Å². The predicted octanol–water partition coefficient (Wildman–Crippen LogP) is 2.25. The SMILES string of the molecule is Cc1cc(CN2CC=CN2CCCO)cnc1OC1CCC1. The van der Waals surface area contributed by atoms with E-state index in [0.717, 1.165) is 50.3 Å². The number of ether oxygens (including phenoxy) is 1. The fourth-order valence-electron chi connectivity index (χ4n) is 2.78. The zero-order valence-electron chi connectivity index (χ0n) is 13.2. The van der Waals surface area contributed by atoms with Crippen molar-refractivity contribution in [2.24, 2.45) is 0 Å². The van der Waals surface area contributed by atoms with E-state index >= 15 is 0 Å². The predicted molar refractivity (Wildman–Crippen MR) is 85.2 cm³/mol. The molecule has 1 saturated carbocycles. The molecule has 1 aliphatic heterocycles. The summed E-state index contributed by atoms with van der Waals surface area (Å²) < 4.78 is 5.91. The summed E-state index contributed by atoms with van der Waals surface area (Å²) in [5.41, 5.74) is 2.30. The molecule has 0 radical (unpaired) electrons. The molecule has 1 N–H and O–H groups in total. The minimum absolute atomic E-state index is 0.228. The van der Waals surface area contributed by atoms with E-state index in [-0.39, 0.29) is 6.61 Å². The Balaban J connectivity index is 1.59. The van der Waals surface area contributed by atoms with Crippen molar-refractivity contribution in [1.82, 2.24) is 15.0 Å². The number of hydrogen-bond acceptors (Lipinski definition) is 5. The molecule has 0 saturated heterocycles. The van der Waals surface area contributed by atoms with Gasteiger partial charge in [-0.1, -0.05) is 6.08 Å². The highest BCUT2D eigenvalue weighted by Crippen LogP contribution is 2.26. The molecule has 1 fully saturated rings. The molecule has 0 unspecified atom stereocenters. The Kier molecular flexibility index (Phi) is 4.95. The fourth-order valence-corrected chi connectivity index (χ4v) is 2.78. The van der Waals surface area contributed by atoms with Crippen LogP contribution < -0.4 is 4.74 Å². The second kappa shape index (κ2) is 7.11. The lowest BCUT2D eigenvalue weighted by Crippen LogP contribution is -2.35. The highest BCUT2D eigenvalue weighted by Gasteiger charge is 2.21. The maximum Gasteiger partial charge on any atom is 0.216 e. The van der Waals surface area contributed by atoms with E-state index in [9.17, 15) is 0 Å². The highest BCUT2D eigenvalue weighted by atomic mass is 16.5. The first-order valence-electron chi connectivity index (χ1n) is 8.17. The quantitative estimate of drug-likeness (QED) is 0.837. The smallest absolute Gasteiger partial charge is 0.216 e. The van der Waals surface area contributed by atoms with Crippen molar-refractivity contribution in [2.45, 2.75) is 45.3 Å². The van der Waals surface area contributed by atoms with Crippen LogP contribution in [0.5, 0.6) is 5.88 Å². The van der Waals surface area contributed by atoms with Crippen LogP contribution in [0.4, 0.5) is 0 Å². The third kappa shape index (κ3) is 3.59. The third-order valence-electron chi connectivity index (χ3n) is 4.28. The number of aliphatic hydroxyl groups excluding tert-OH is 1. The van der Waals surface area contributed by atoms with Gasteiger partial charge in [0.2, 0.25) is 5.88 Å². The van der Waals surface area contributed by atoms with Crippen molar-refractivity contribution in [2.75, 3.05) is 19.7 Å². The van der Waals surface area contributed by atoms with Crippen molar-refractivity contribution in [1.29, 1.82) is 0 Å². The second-order valence-corrected chi connectivity index (χ2v) is 6.11. The maximum absolute atomic E-state index is 8.97. The molecule has 0 atom stereocenters. The van der Waals surface area contributed by atoms with Gasteiger partial charge >= 0.3 is 0 Å². The normalized spacial score (nSPS) is 18.7. The fraction of sp³-hybridized carbons (Fsp3) is 0.588. The number of aromatic nitrogens is 1. The first-order valence-corrected chi connectivity index (χ1v) is 8.17. The average molecular weight is 303 g/mol. The first-order chi connectivity index (χ1) is 10.8. The maximum atomic E-state index is 8.97. The zero-order valence-corrected chi connectivity index (χ0v) is 13.2. The zero-order chi connectivity index (χ0) is 15.4. The Hall–Kier alpha value is -1.59. The Labute approximate surface area is 132 Å². The van der Waals surface area contributed by atoms with E-state index < -0.39 is 0 Å². The van der Waals surface area contributed by atoms with Gasteiger partial charge in [-0.05, 0) is 44.2 Å². The van der Waals surface area contributed by atoms with Gasteiger partial charge in [0.1, 0.15) is 6.10 Å². The summed E-state index contributed by atoms with van der Waals surface area (Å²) in [6, 6.07) is 2.17. The van der Waals surface area contributed by atoms with E-state index in [1.54, 1.807) is 0 Å². The Bertz CT molecular complexity index is 529. The molecule has 120 valence electrons. The number of hydrazine groups is 1. The Morgan fingerprint density at radius 2 is 2.27 bits per heavy atom. The molecule has 1 aromatic heterocycles. The van der Waals surface area contributed by atoms with E-state index in [2.05, 4.69) is 40.3 Å². The number of aryl methyl sites for hydroxylation is 1. The molecule has 0 spiro atoms. The summed E-state index contributed by atoms with van der Waals surface area (Å²) in [6.07, 6.45) is 10.9. The van der Waals surface area contributed by atoms with Gasteiger partial charge in [0.05, 0.1) is 0 Å². The molecule has 1 aromatic rings. The second-order valence-electron chi connectivity index (χ2n) is 6.11. The molecule has 0 bridgehead atoms. The molecule has 2 aliphatic rings. The third-order valence-corrected chi connectivity index (χ3v) is 4.28. The Morgan fingerprint density at radius 3 is 2.95 bits per heavy atom. The summed E-state index contributed by atoms with van der Waals surface area (Å²) in [5.74, 6) is 0.783. The van der Waals surface area contributed by atoms with Gasteiger partial charge in [-0.15, -0.1) is 0 Å². The van der Waals surface area contributed by atoms with Crippen molar-refractivity contribution in [3.05, 3.63) is 35.7 Å². The minimum atomic E-state index is 0.228. The summed E-state index contributed by atoms with van der Waals surface area (Å²) in [4.78, 5) is 4.50. The lowest BCUT2D eigenvalue weighted by molar-refractivity contribution is 0.0377. The van der Waals surface area contributed by atoms with E-state index in [4.69, 9.17) is 9.84 Å². The molecule has 0 aromatic carbocycles. The van der Waals surface area contributed by atoms with Crippen molar-refractivity contribution < 1.29 is 9.84 Å². The van der Waals surface area contributed by atoms with Crippen LogP contribution in [-0.4, -0.2) is 45.9 Å². The monoisotopic (exact) mass is 303 g/mol. The van der Waals surface area contributed by atoms with E-state index in [1.165, 1.54) is 12.0 Å². The van der Waals surface area contributed by atoms with E-state index in [0.29, 0.717) is 6.10 Å². The van der Waals surface area contributed by atoms with Gasteiger partial charge in [-0.25, -0.2) is 9.99 Å². The van der Waals surface area contributed by atoms with Crippen LogP contribution >= 0.6 is 0 Å². The van der Waals surface area contributed by atoms with Crippen LogP contribution in [0.2, 0.25) is 0 Å². The van der Waals surface area contributed by atoms with Crippen LogP contribution in [-0.2, 0) is 6.54 Å². The molecule has 3 rings (SSSR count).